The molecule has 0 unspecified atom stereocenters. The summed E-state index contributed by atoms with van der Waals surface area (Å²) in [5.74, 6) is -0.392. The summed E-state index contributed by atoms with van der Waals surface area (Å²) >= 11 is 0. The highest BCUT2D eigenvalue weighted by Crippen LogP contribution is 2.45. The monoisotopic (exact) mass is 300 g/mol. The fourth-order valence-electron chi connectivity index (χ4n) is 4.11. The number of hydrogen-bond donors (Lipinski definition) is 0. The molecule has 2 aliphatic heterocycles. The van der Waals surface area contributed by atoms with Crippen LogP contribution in [0.1, 0.15) is 26.3 Å². The van der Waals surface area contributed by atoms with Crippen LogP contribution in [0.25, 0.3) is 0 Å². The number of amides is 2. The van der Waals surface area contributed by atoms with E-state index in [4.69, 9.17) is 0 Å². The van der Waals surface area contributed by atoms with Gasteiger partial charge in [0.1, 0.15) is 0 Å². The van der Waals surface area contributed by atoms with Gasteiger partial charge >= 0.3 is 0 Å². The van der Waals surface area contributed by atoms with Gasteiger partial charge in [0, 0.05) is 26.2 Å². The van der Waals surface area contributed by atoms with Crippen LogP contribution in [0.2, 0.25) is 0 Å². The Hall–Kier alpha value is -1.68. The van der Waals surface area contributed by atoms with Gasteiger partial charge in [-0.15, -0.1) is 0 Å². The zero-order valence-electron chi connectivity index (χ0n) is 13.7. The van der Waals surface area contributed by atoms with Crippen LogP contribution in [0, 0.1) is 17.3 Å². The molecule has 2 aliphatic rings. The third-order valence-electron chi connectivity index (χ3n) is 4.98. The molecule has 3 rings (SSSR count). The molecule has 1 aromatic carbocycles. The van der Waals surface area contributed by atoms with Gasteiger partial charge in [-0.2, -0.15) is 0 Å². The Balaban J connectivity index is 1.92. The Morgan fingerprint density at radius 1 is 1.09 bits per heavy atom. The molecule has 1 aromatic rings. The summed E-state index contributed by atoms with van der Waals surface area (Å²) in [5, 5.41) is 0. The maximum Gasteiger partial charge on any atom is 0.234 e. The molecule has 0 aliphatic carbocycles. The van der Waals surface area contributed by atoms with E-state index in [9.17, 15) is 9.59 Å². The van der Waals surface area contributed by atoms with Crippen molar-refractivity contribution in [2.75, 3.05) is 13.6 Å². The van der Waals surface area contributed by atoms with Crippen molar-refractivity contribution < 1.29 is 9.59 Å². The minimum atomic E-state index is -0.193. The van der Waals surface area contributed by atoms with Crippen LogP contribution >= 0.6 is 0 Å². The van der Waals surface area contributed by atoms with E-state index in [1.54, 1.807) is 7.05 Å². The topological polar surface area (TPSA) is 40.6 Å². The molecule has 0 bridgehead atoms. The average Bonchev–Trinajstić information content (AvgIpc) is 2.92. The quantitative estimate of drug-likeness (QED) is 0.786. The van der Waals surface area contributed by atoms with Crippen molar-refractivity contribution in [2.45, 2.75) is 33.4 Å². The second-order valence-electron chi connectivity index (χ2n) is 7.59. The first-order chi connectivity index (χ1) is 10.3. The number of imide groups is 1. The van der Waals surface area contributed by atoms with Gasteiger partial charge in [0.2, 0.25) is 11.8 Å². The lowest BCUT2D eigenvalue weighted by Gasteiger charge is -2.37. The number of rotatable bonds is 2. The molecular formula is C18H24N2O2. The molecule has 2 heterocycles. The predicted octanol–water partition coefficient (Wildman–Crippen LogP) is 2.15. The lowest BCUT2D eigenvalue weighted by Crippen LogP contribution is -2.46. The molecule has 118 valence electrons. The summed E-state index contributed by atoms with van der Waals surface area (Å²) in [6.07, 6.45) is 0. The maximum absolute atomic E-state index is 12.5. The van der Waals surface area contributed by atoms with Gasteiger partial charge in [-0.3, -0.25) is 19.4 Å². The molecule has 2 fully saturated rings. The molecule has 22 heavy (non-hydrogen) atoms. The molecule has 0 aromatic heterocycles. The first-order valence-corrected chi connectivity index (χ1v) is 7.90. The highest BCUT2D eigenvalue weighted by atomic mass is 16.2. The predicted molar refractivity (Wildman–Crippen MR) is 84.9 cm³/mol. The number of likely N-dealkylation sites (tertiary alicyclic amines) is 2. The van der Waals surface area contributed by atoms with Gasteiger partial charge in [0.05, 0.1) is 11.8 Å². The number of hydrogen-bond acceptors (Lipinski definition) is 3. The zero-order valence-corrected chi connectivity index (χ0v) is 13.7. The van der Waals surface area contributed by atoms with Crippen molar-refractivity contribution >= 4 is 11.8 Å². The molecular weight excluding hydrogens is 276 g/mol. The van der Waals surface area contributed by atoms with Gasteiger partial charge < -0.3 is 0 Å². The minimum absolute atomic E-state index is 0.00881. The van der Waals surface area contributed by atoms with Crippen LogP contribution in [-0.2, 0) is 16.1 Å². The van der Waals surface area contributed by atoms with Crippen LogP contribution in [0.15, 0.2) is 30.3 Å². The highest BCUT2D eigenvalue weighted by Gasteiger charge is 2.58. The van der Waals surface area contributed by atoms with Crippen LogP contribution in [-0.4, -0.2) is 41.2 Å². The largest absolute Gasteiger partial charge is 0.294 e. The SMILES string of the molecule is CN1C(=O)[C@@H]2[C@@H](CN(Cc3ccccc3)[C@H]2C(C)(C)C)C1=O. The Kier molecular flexibility index (Phi) is 3.60. The third kappa shape index (κ3) is 2.35. The van der Waals surface area contributed by atoms with Crippen molar-refractivity contribution in [1.29, 1.82) is 0 Å². The Labute approximate surface area is 132 Å². The Morgan fingerprint density at radius 3 is 2.32 bits per heavy atom. The van der Waals surface area contributed by atoms with Crippen LogP contribution < -0.4 is 0 Å². The highest BCUT2D eigenvalue weighted by molar-refractivity contribution is 6.05. The summed E-state index contributed by atoms with van der Waals surface area (Å²) in [6.45, 7) is 7.95. The van der Waals surface area contributed by atoms with Crippen molar-refractivity contribution in [2.24, 2.45) is 17.3 Å². The summed E-state index contributed by atoms with van der Waals surface area (Å²) in [4.78, 5) is 28.5. The van der Waals surface area contributed by atoms with E-state index in [1.807, 2.05) is 18.2 Å². The number of benzene rings is 1. The summed E-state index contributed by atoms with van der Waals surface area (Å²) in [7, 11) is 1.62. The normalized spacial score (nSPS) is 29.3. The van der Waals surface area contributed by atoms with Crippen LogP contribution in [0.3, 0.4) is 0 Å². The molecule has 0 saturated carbocycles. The van der Waals surface area contributed by atoms with Gasteiger partial charge in [-0.05, 0) is 11.0 Å². The van der Waals surface area contributed by atoms with Crippen molar-refractivity contribution in [3.05, 3.63) is 35.9 Å². The van der Waals surface area contributed by atoms with Gasteiger partial charge in [0.15, 0.2) is 0 Å². The van der Waals surface area contributed by atoms with Crippen LogP contribution in [0.5, 0.6) is 0 Å². The smallest absolute Gasteiger partial charge is 0.234 e. The molecule has 0 radical (unpaired) electrons. The van der Waals surface area contributed by atoms with Crippen LogP contribution in [0.4, 0.5) is 0 Å². The van der Waals surface area contributed by atoms with Gasteiger partial charge in [-0.1, -0.05) is 51.1 Å². The van der Waals surface area contributed by atoms with E-state index in [-0.39, 0.29) is 35.1 Å². The summed E-state index contributed by atoms with van der Waals surface area (Å²) in [6, 6.07) is 10.4. The lowest BCUT2D eigenvalue weighted by atomic mass is 9.77. The zero-order chi connectivity index (χ0) is 16.1. The molecule has 0 spiro atoms. The first-order valence-electron chi connectivity index (χ1n) is 7.90. The Bertz CT molecular complexity index is 591. The van der Waals surface area contributed by atoms with E-state index in [0.29, 0.717) is 6.54 Å². The van der Waals surface area contributed by atoms with E-state index in [2.05, 4.69) is 37.8 Å². The fraction of sp³-hybridized carbons (Fsp3) is 0.556. The Morgan fingerprint density at radius 2 is 1.73 bits per heavy atom. The van der Waals surface area contributed by atoms with E-state index in [1.165, 1.54) is 10.5 Å². The standard InChI is InChI=1S/C18H24N2O2/c1-18(2,3)15-14-13(16(21)19(4)17(14)22)11-20(15)10-12-8-6-5-7-9-12/h5-9,13-15H,10-11H2,1-4H3/t13-,14-,15-/m1/s1. The van der Waals surface area contributed by atoms with Crippen molar-refractivity contribution in [3.63, 3.8) is 0 Å². The minimum Gasteiger partial charge on any atom is -0.294 e. The fourth-order valence-corrected chi connectivity index (χ4v) is 4.11. The van der Waals surface area contributed by atoms with Gasteiger partial charge in [-0.25, -0.2) is 0 Å². The summed E-state index contributed by atoms with van der Waals surface area (Å²) < 4.78 is 0. The number of carbonyl (C=O) groups excluding carboxylic acids is 2. The first kappa shape index (κ1) is 15.2. The molecule has 4 nitrogen and oxygen atoms in total. The van der Waals surface area contributed by atoms with Gasteiger partial charge in [0.25, 0.3) is 0 Å². The second-order valence-corrected chi connectivity index (χ2v) is 7.59. The molecule has 4 heteroatoms. The van der Waals surface area contributed by atoms with Crippen molar-refractivity contribution in [3.8, 4) is 0 Å². The molecule has 2 saturated heterocycles. The van der Waals surface area contributed by atoms with Crippen molar-refractivity contribution in [1.82, 2.24) is 9.80 Å². The van der Waals surface area contributed by atoms with E-state index in [0.717, 1.165) is 6.54 Å². The third-order valence-corrected chi connectivity index (χ3v) is 4.98. The maximum atomic E-state index is 12.5. The number of nitrogens with zero attached hydrogens (tertiary/aromatic N) is 2. The lowest BCUT2D eigenvalue weighted by molar-refractivity contribution is -0.140. The number of carbonyl (C=O) groups is 2. The average molecular weight is 300 g/mol. The second kappa shape index (κ2) is 5.20. The number of fused-ring (bicyclic) bond motifs is 1. The molecule has 0 N–H and O–H groups in total. The van der Waals surface area contributed by atoms with E-state index >= 15 is 0 Å². The summed E-state index contributed by atoms with van der Waals surface area (Å²) in [5.41, 5.74) is 1.18. The molecule has 2 amide bonds. The molecule has 3 atom stereocenters. The van der Waals surface area contributed by atoms with E-state index < -0.39 is 0 Å².